The summed E-state index contributed by atoms with van der Waals surface area (Å²) < 4.78 is 5.27. The zero-order valence-corrected chi connectivity index (χ0v) is 17.4. The Morgan fingerprint density at radius 2 is 1.76 bits per heavy atom. The van der Waals surface area contributed by atoms with Gasteiger partial charge in [0.2, 0.25) is 5.91 Å². The molecule has 148 valence electrons. The average molecular weight is 407 g/mol. The molecule has 3 rings (SSSR count). The molecular weight excluding hydrogens is 384 g/mol. The zero-order chi connectivity index (χ0) is 20.8. The summed E-state index contributed by atoms with van der Waals surface area (Å²) in [5.74, 6) is -0.562. The number of ether oxygens (including phenoxy) is 1. The number of anilines is 2. The van der Waals surface area contributed by atoms with Gasteiger partial charge >= 0.3 is 5.97 Å². The summed E-state index contributed by atoms with van der Waals surface area (Å²) in [4.78, 5) is 30.4. The fourth-order valence-electron chi connectivity index (χ4n) is 2.93. The lowest BCUT2D eigenvalue weighted by Crippen LogP contribution is -2.24. The molecule has 0 fully saturated rings. The molecule has 0 bridgehead atoms. The summed E-state index contributed by atoms with van der Waals surface area (Å²) in [6, 6.07) is 15.4. The minimum atomic E-state index is -0.443. The topological polar surface area (TPSA) is 59.5 Å². The third-order valence-corrected chi connectivity index (χ3v) is 5.16. The molecular formula is C23H22N2O3S. The molecule has 0 aliphatic heterocycles. The van der Waals surface area contributed by atoms with Gasteiger partial charge in [0, 0.05) is 18.4 Å². The second-order valence-electron chi connectivity index (χ2n) is 6.57. The van der Waals surface area contributed by atoms with Gasteiger partial charge in [-0.3, -0.25) is 9.69 Å². The number of hydrogen-bond acceptors (Lipinski definition) is 5. The quantitative estimate of drug-likeness (QED) is 0.417. The van der Waals surface area contributed by atoms with E-state index in [0.29, 0.717) is 10.8 Å². The lowest BCUT2D eigenvalue weighted by Gasteiger charge is -2.22. The van der Waals surface area contributed by atoms with Crippen molar-refractivity contribution in [2.75, 3.05) is 4.90 Å². The number of hydrogen-bond donors (Lipinski definition) is 0. The molecule has 0 N–H and O–H groups in total. The monoisotopic (exact) mass is 406 g/mol. The maximum Gasteiger partial charge on any atom is 0.331 e. The number of amides is 1. The number of para-hydroxylation sites is 1. The van der Waals surface area contributed by atoms with Crippen molar-refractivity contribution in [3.05, 3.63) is 82.4 Å². The molecule has 0 radical (unpaired) electrons. The normalized spacial score (nSPS) is 10.9. The Morgan fingerprint density at radius 3 is 2.41 bits per heavy atom. The highest BCUT2D eigenvalue weighted by Crippen LogP contribution is 2.33. The van der Waals surface area contributed by atoms with Gasteiger partial charge in [0.15, 0.2) is 5.13 Å². The molecule has 1 amide bonds. The van der Waals surface area contributed by atoms with Gasteiger partial charge in [-0.25, -0.2) is 9.78 Å². The Labute approximate surface area is 174 Å². The van der Waals surface area contributed by atoms with E-state index < -0.39 is 5.97 Å². The van der Waals surface area contributed by atoms with Gasteiger partial charge in [-0.1, -0.05) is 48.5 Å². The van der Waals surface area contributed by atoms with Crippen molar-refractivity contribution in [2.45, 2.75) is 27.4 Å². The molecule has 3 aromatic rings. The van der Waals surface area contributed by atoms with Crippen molar-refractivity contribution in [1.82, 2.24) is 4.98 Å². The van der Waals surface area contributed by atoms with Crippen molar-refractivity contribution in [1.29, 1.82) is 0 Å². The molecule has 0 atom stereocenters. The Morgan fingerprint density at radius 1 is 1.07 bits per heavy atom. The highest BCUT2D eigenvalue weighted by molar-refractivity contribution is 7.14. The number of thiazole rings is 1. The largest absolute Gasteiger partial charge is 0.456 e. The molecule has 1 heterocycles. The number of aryl methyl sites for hydroxylation is 2. The predicted octanol–water partition coefficient (Wildman–Crippen LogP) is 5.20. The molecule has 6 heteroatoms. The molecule has 29 heavy (non-hydrogen) atoms. The van der Waals surface area contributed by atoms with E-state index in [4.69, 9.17) is 4.74 Å². The number of carbonyl (C=O) groups excluding carboxylic acids is 2. The first-order valence-corrected chi connectivity index (χ1v) is 10.0. The molecule has 0 saturated heterocycles. The molecule has 0 aliphatic rings. The first-order chi connectivity index (χ1) is 14.0. The van der Waals surface area contributed by atoms with Gasteiger partial charge in [-0.2, -0.15) is 0 Å². The molecule has 2 aromatic carbocycles. The highest BCUT2D eigenvalue weighted by atomic mass is 32.1. The van der Waals surface area contributed by atoms with Crippen LogP contribution in [0.15, 0.2) is 60.0 Å². The lowest BCUT2D eigenvalue weighted by molar-refractivity contribution is -0.139. The summed E-state index contributed by atoms with van der Waals surface area (Å²) in [7, 11) is 0. The minimum Gasteiger partial charge on any atom is -0.456 e. The Bertz CT molecular complexity index is 1020. The predicted molar refractivity (Wildman–Crippen MR) is 116 cm³/mol. The fraction of sp³-hybridized carbons (Fsp3) is 0.174. The van der Waals surface area contributed by atoms with E-state index in [9.17, 15) is 9.59 Å². The maximum absolute atomic E-state index is 12.3. The van der Waals surface area contributed by atoms with Crippen LogP contribution in [-0.2, 0) is 20.9 Å². The van der Waals surface area contributed by atoms with Crippen LogP contribution in [0.1, 0.15) is 29.3 Å². The van der Waals surface area contributed by atoms with E-state index in [1.54, 1.807) is 16.4 Å². The standard InChI is InChI=1S/C23H22N2O3S/c1-16-8-7-9-17(2)22(16)25(18(3)26)23-24-20(15-29-23)14-28-21(27)13-12-19-10-5-4-6-11-19/h4-13,15H,14H2,1-3H3/b13-12+. The van der Waals surface area contributed by atoms with Crippen LogP contribution < -0.4 is 4.90 Å². The number of rotatable bonds is 6. The third kappa shape index (κ3) is 5.18. The number of esters is 1. The van der Waals surface area contributed by atoms with Crippen LogP contribution in [0, 0.1) is 13.8 Å². The summed E-state index contributed by atoms with van der Waals surface area (Å²) >= 11 is 1.34. The molecule has 0 unspecified atom stereocenters. The molecule has 5 nitrogen and oxygen atoms in total. The van der Waals surface area contributed by atoms with Crippen LogP contribution in [0.25, 0.3) is 6.08 Å². The van der Waals surface area contributed by atoms with Crippen molar-refractivity contribution in [3.8, 4) is 0 Å². The van der Waals surface area contributed by atoms with E-state index in [1.165, 1.54) is 24.3 Å². The van der Waals surface area contributed by atoms with Crippen LogP contribution in [0.5, 0.6) is 0 Å². The molecule has 0 spiro atoms. The molecule has 0 saturated carbocycles. The summed E-state index contributed by atoms with van der Waals surface area (Å²) in [6.07, 6.45) is 3.09. The number of carbonyl (C=O) groups is 2. The number of benzene rings is 2. The molecule has 1 aromatic heterocycles. The van der Waals surface area contributed by atoms with Crippen LogP contribution in [0.4, 0.5) is 10.8 Å². The summed E-state index contributed by atoms with van der Waals surface area (Å²) in [5.41, 5.74) is 4.35. The van der Waals surface area contributed by atoms with Gasteiger partial charge in [0.05, 0.1) is 11.4 Å². The smallest absolute Gasteiger partial charge is 0.331 e. The zero-order valence-electron chi connectivity index (χ0n) is 16.6. The Kier molecular flexibility index (Phi) is 6.57. The maximum atomic E-state index is 12.3. The van der Waals surface area contributed by atoms with Crippen molar-refractivity contribution >= 4 is 40.1 Å². The fourth-order valence-corrected chi connectivity index (χ4v) is 3.79. The summed E-state index contributed by atoms with van der Waals surface area (Å²) in [6.45, 7) is 5.50. The van der Waals surface area contributed by atoms with E-state index in [0.717, 1.165) is 22.4 Å². The van der Waals surface area contributed by atoms with Crippen molar-refractivity contribution in [2.24, 2.45) is 0 Å². The van der Waals surface area contributed by atoms with Crippen LogP contribution in [-0.4, -0.2) is 16.9 Å². The van der Waals surface area contributed by atoms with E-state index >= 15 is 0 Å². The van der Waals surface area contributed by atoms with Crippen molar-refractivity contribution in [3.63, 3.8) is 0 Å². The summed E-state index contributed by atoms with van der Waals surface area (Å²) in [5, 5.41) is 2.35. The minimum absolute atomic E-state index is 0.0486. The average Bonchev–Trinajstić information content (AvgIpc) is 3.16. The van der Waals surface area contributed by atoms with E-state index in [2.05, 4.69) is 4.98 Å². The lowest BCUT2D eigenvalue weighted by atomic mass is 10.1. The second-order valence-corrected chi connectivity index (χ2v) is 7.40. The number of nitrogens with zero attached hydrogens (tertiary/aromatic N) is 2. The van der Waals surface area contributed by atoms with Crippen LogP contribution in [0.3, 0.4) is 0 Å². The first kappa shape index (κ1) is 20.5. The molecule has 0 aliphatic carbocycles. The van der Waals surface area contributed by atoms with Crippen molar-refractivity contribution < 1.29 is 14.3 Å². The van der Waals surface area contributed by atoms with Gasteiger partial charge in [-0.15, -0.1) is 11.3 Å². The van der Waals surface area contributed by atoms with Crippen LogP contribution >= 0.6 is 11.3 Å². The van der Waals surface area contributed by atoms with Gasteiger partial charge in [0.25, 0.3) is 0 Å². The van der Waals surface area contributed by atoms with E-state index in [1.807, 2.05) is 62.4 Å². The van der Waals surface area contributed by atoms with Gasteiger partial charge in [0.1, 0.15) is 6.61 Å². The van der Waals surface area contributed by atoms with Crippen LogP contribution in [0.2, 0.25) is 0 Å². The SMILES string of the molecule is CC(=O)N(c1nc(COC(=O)/C=C/c2ccccc2)cs1)c1c(C)cccc1C. The van der Waals surface area contributed by atoms with E-state index in [-0.39, 0.29) is 12.5 Å². The second kappa shape index (κ2) is 9.30. The van der Waals surface area contributed by atoms with Gasteiger partial charge in [-0.05, 0) is 36.6 Å². The number of aromatic nitrogens is 1. The Hall–Kier alpha value is -3.25. The Balaban J connectivity index is 1.70. The highest BCUT2D eigenvalue weighted by Gasteiger charge is 2.21. The van der Waals surface area contributed by atoms with Gasteiger partial charge < -0.3 is 4.74 Å². The third-order valence-electron chi connectivity index (χ3n) is 4.28. The first-order valence-electron chi connectivity index (χ1n) is 9.17.